The summed E-state index contributed by atoms with van der Waals surface area (Å²) in [6.07, 6.45) is 3.31. The predicted molar refractivity (Wildman–Crippen MR) is 132 cm³/mol. The molecular formula is C26H27ClN2O3S. The molecular weight excluding hydrogens is 456 g/mol. The van der Waals surface area contributed by atoms with Gasteiger partial charge in [-0.25, -0.2) is 8.42 Å². The number of carbonyl (C=O) groups is 1. The van der Waals surface area contributed by atoms with Gasteiger partial charge in [0, 0.05) is 0 Å². The summed E-state index contributed by atoms with van der Waals surface area (Å²) in [6.45, 7) is 3.41. The first-order chi connectivity index (χ1) is 15.8. The minimum Gasteiger partial charge on any atom is -0.348 e. The third-order valence-corrected chi connectivity index (χ3v) is 8.11. The standard InChI is InChI=1S/C26H27ClN2O3S/c1-18-10-14-23(15-11-18)33(31,32)29(25-9-4-3-8-24(25)27)17-26(30)28-19(2)21-13-12-20-6-5-7-22(20)16-21/h3-4,8-16,19H,5-7,17H2,1-2H3,(H,28,30)/t19-/m1/s1. The fourth-order valence-electron chi connectivity index (χ4n) is 4.15. The van der Waals surface area contributed by atoms with Gasteiger partial charge in [0.05, 0.1) is 21.6 Å². The summed E-state index contributed by atoms with van der Waals surface area (Å²) in [7, 11) is -4.01. The first kappa shape index (κ1) is 23.3. The number of nitrogens with one attached hydrogen (secondary N) is 1. The van der Waals surface area contributed by atoms with Gasteiger partial charge in [0.1, 0.15) is 6.54 Å². The van der Waals surface area contributed by atoms with Gasteiger partial charge >= 0.3 is 0 Å². The number of anilines is 1. The highest BCUT2D eigenvalue weighted by Gasteiger charge is 2.29. The Morgan fingerprint density at radius 2 is 1.73 bits per heavy atom. The number of hydrogen-bond donors (Lipinski definition) is 1. The normalized spacial score (nSPS) is 13.9. The van der Waals surface area contributed by atoms with Gasteiger partial charge in [-0.3, -0.25) is 9.10 Å². The van der Waals surface area contributed by atoms with Gasteiger partial charge in [-0.2, -0.15) is 0 Å². The van der Waals surface area contributed by atoms with E-state index in [1.165, 1.54) is 11.1 Å². The minimum atomic E-state index is -4.01. The molecule has 3 aromatic carbocycles. The molecule has 0 aromatic heterocycles. The SMILES string of the molecule is Cc1ccc(S(=O)(=O)N(CC(=O)N[C@H](C)c2ccc3c(c2)CCC3)c2ccccc2Cl)cc1. The van der Waals surface area contributed by atoms with E-state index in [0.29, 0.717) is 0 Å². The third kappa shape index (κ3) is 5.07. The Bertz CT molecular complexity index is 1270. The van der Waals surface area contributed by atoms with Crippen molar-refractivity contribution in [3.8, 4) is 0 Å². The molecule has 33 heavy (non-hydrogen) atoms. The van der Waals surface area contributed by atoms with Crippen LogP contribution in [0.3, 0.4) is 0 Å². The van der Waals surface area contributed by atoms with Crippen LogP contribution < -0.4 is 9.62 Å². The number of fused-ring (bicyclic) bond motifs is 1. The van der Waals surface area contributed by atoms with Gasteiger partial charge < -0.3 is 5.32 Å². The van der Waals surface area contributed by atoms with Crippen LogP contribution in [0.5, 0.6) is 0 Å². The van der Waals surface area contributed by atoms with Crippen LogP contribution in [0.4, 0.5) is 5.69 Å². The Kier molecular flexibility index (Phi) is 6.77. The molecule has 0 saturated heterocycles. The average Bonchev–Trinajstić information content (AvgIpc) is 3.26. The van der Waals surface area contributed by atoms with E-state index < -0.39 is 15.9 Å². The van der Waals surface area contributed by atoms with E-state index in [1.807, 2.05) is 19.9 Å². The van der Waals surface area contributed by atoms with E-state index in [4.69, 9.17) is 11.6 Å². The number of carbonyl (C=O) groups excluding carboxylic acids is 1. The lowest BCUT2D eigenvalue weighted by atomic mass is 10.0. The Morgan fingerprint density at radius 1 is 1.03 bits per heavy atom. The van der Waals surface area contributed by atoms with E-state index in [2.05, 4.69) is 17.4 Å². The first-order valence-electron chi connectivity index (χ1n) is 11.0. The molecule has 1 aliphatic rings. The van der Waals surface area contributed by atoms with Gasteiger partial charge in [-0.1, -0.05) is 59.6 Å². The van der Waals surface area contributed by atoms with Crippen molar-refractivity contribution in [2.45, 2.75) is 44.0 Å². The highest BCUT2D eigenvalue weighted by atomic mass is 35.5. The average molecular weight is 483 g/mol. The molecule has 0 unspecified atom stereocenters. The third-order valence-electron chi connectivity index (χ3n) is 6.02. The zero-order chi connectivity index (χ0) is 23.6. The smallest absolute Gasteiger partial charge is 0.264 e. The molecule has 0 heterocycles. The summed E-state index contributed by atoms with van der Waals surface area (Å²) in [5, 5.41) is 3.21. The van der Waals surface area contributed by atoms with Crippen LogP contribution in [-0.2, 0) is 27.7 Å². The van der Waals surface area contributed by atoms with E-state index in [-0.39, 0.29) is 28.2 Å². The molecule has 0 spiro atoms. The molecule has 0 bridgehead atoms. The maximum absolute atomic E-state index is 13.5. The van der Waals surface area contributed by atoms with Gasteiger partial charge in [-0.05, 0) is 74.1 Å². The zero-order valence-corrected chi connectivity index (χ0v) is 20.3. The first-order valence-corrected chi connectivity index (χ1v) is 12.8. The lowest BCUT2D eigenvalue weighted by Crippen LogP contribution is -2.41. The van der Waals surface area contributed by atoms with Gasteiger partial charge in [0.2, 0.25) is 5.91 Å². The number of halogens is 1. The number of para-hydroxylation sites is 1. The molecule has 0 fully saturated rings. The summed E-state index contributed by atoms with van der Waals surface area (Å²) >= 11 is 6.34. The van der Waals surface area contributed by atoms with Crippen LogP contribution in [0.25, 0.3) is 0 Å². The molecule has 7 heteroatoms. The number of amides is 1. The fraction of sp³-hybridized carbons (Fsp3) is 0.269. The maximum atomic E-state index is 13.5. The summed E-state index contributed by atoms with van der Waals surface area (Å²) in [4.78, 5) is 13.1. The largest absolute Gasteiger partial charge is 0.348 e. The van der Waals surface area contributed by atoms with Crippen molar-refractivity contribution < 1.29 is 13.2 Å². The monoisotopic (exact) mass is 482 g/mol. The fourth-order valence-corrected chi connectivity index (χ4v) is 5.88. The second-order valence-corrected chi connectivity index (χ2v) is 10.7. The number of hydrogen-bond acceptors (Lipinski definition) is 3. The second kappa shape index (κ2) is 9.57. The molecule has 0 aliphatic heterocycles. The topological polar surface area (TPSA) is 66.5 Å². The van der Waals surface area contributed by atoms with Gasteiger partial charge in [0.25, 0.3) is 10.0 Å². The van der Waals surface area contributed by atoms with Gasteiger partial charge in [-0.15, -0.1) is 0 Å². The Labute approximate surface area is 200 Å². The summed E-state index contributed by atoms with van der Waals surface area (Å²) in [5.74, 6) is -0.404. The molecule has 172 valence electrons. The maximum Gasteiger partial charge on any atom is 0.264 e. The molecule has 0 radical (unpaired) electrons. The van der Waals surface area contributed by atoms with Gasteiger partial charge in [0.15, 0.2) is 0 Å². The Hall–Kier alpha value is -2.83. The number of benzene rings is 3. The Balaban J connectivity index is 1.59. The van der Waals surface area contributed by atoms with Crippen molar-refractivity contribution in [2.75, 3.05) is 10.8 Å². The lowest BCUT2D eigenvalue weighted by molar-refractivity contribution is -0.120. The van der Waals surface area contributed by atoms with Crippen molar-refractivity contribution in [1.29, 1.82) is 0 Å². The quantitative estimate of drug-likeness (QED) is 0.502. The summed E-state index contributed by atoms with van der Waals surface area (Å²) in [6, 6.07) is 19.2. The van der Waals surface area contributed by atoms with E-state index >= 15 is 0 Å². The Morgan fingerprint density at radius 3 is 2.45 bits per heavy atom. The lowest BCUT2D eigenvalue weighted by Gasteiger charge is -2.26. The molecule has 0 saturated carbocycles. The summed E-state index contributed by atoms with van der Waals surface area (Å²) in [5.41, 5.74) is 4.91. The highest BCUT2D eigenvalue weighted by Crippen LogP contribution is 2.31. The van der Waals surface area contributed by atoms with Crippen molar-refractivity contribution in [3.63, 3.8) is 0 Å². The van der Waals surface area contributed by atoms with Crippen LogP contribution in [0, 0.1) is 6.92 Å². The molecule has 3 aromatic rings. The molecule has 1 N–H and O–H groups in total. The van der Waals surface area contributed by atoms with Crippen molar-refractivity contribution >= 4 is 33.2 Å². The van der Waals surface area contributed by atoms with Crippen LogP contribution in [-0.4, -0.2) is 20.9 Å². The molecule has 1 atom stereocenters. The highest BCUT2D eigenvalue weighted by molar-refractivity contribution is 7.92. The zero-order valence-electron chi connectivity index (χ0n) is 18.7. The second-order valence-electron chi connectivity index (χ2n) is 8.45. The predicted octanol–water partition coefficient (Wildman–Crippen LogP) is 5.21. The van der Waals surface area contributed by atoms with Crippen LogP contribution in [0.2, 0.25) is 5.02 Å². The number of nitrogens with zero attached hydrogens (tertiary/aromatic N) is 1. The molecule has 1 aliphatic carbocycles. The molecule has 5 nitrogen and oxygen atoms in total. The van der Waals surface area contributed by atoms with Crippen LogP contribution in [0.1, 0.15) is 41.6 Å². The van der Waals surface area contributed by atoms with Crippen molar-refractivity contribution in [1.82, 2.24) is 5.32 Å². The van der Waals surface area contributed by atoms with E-state index in [9.17, 15) is 13.2 Å². The summed E-state index contributed by atoms with van der Waals surface area (Å²) < 4.78 is 28.1. The number of aryl methyl sites for hydroxylation is 3. The van der Waals surface area contributed by atoms with Crippen molar-refractivity contribution in [2.24, 2.45) is 0 Å². The number of sulfonamides is 1. The minimum absolute atomic E-state index is 0.104. The molecule has 4 rings (SSSR count). The van der Waals surface area contributed by atoms with Crippen LogP contribution >= 0.6 is 11.6 Å². The van der Waals surface area contributed by atoms with E-state index in [0.717, 1.165) is 34.7 Å². The van der Waals surface area contributed by atoms with E-state index in [1.54, 1.807) is 48.5 Å². The van der Waals surface area contributed by atoms with Crippen molar-refractivity contribution in [3.05, 3.63) is 94.0 Å². The molecule has 1 amide bonds. The van der Waals surface area contributed by atoms with Crippen LogP contribution in [0.15, 0.2) is 71.6 Å². The number of rotatable bonds is 7.